The Bertz CT molecular complexity index is 688. The molecule has 1 aliphatic rings. The summed E-state index contributed by atoms with van der Waals surface area (Å²) in [6.07, 6.45) is 2.93. The highest BCUT2D eigenvalue weighted by molar-refractivity contribution is 5.48. The SMILES string of the molecule is COc1cc(CNCc2cc3c(cc2OC)C[C@@H](C)O3)ccn1. The number of hydrogen-bond donors (Lipinski definition) is 1. The highest BCUT2D eigenvalue weighted by Crippen LogP contribution is 2.34. The van der Waals surface area contributed by atoms with E-state index in [1.807, 2.05) is 12.1 Å². The van der Waals surface area contributed by atoms with Crippen LogP contribution < -0.4 is 19.5 Å². The lowest BCUT2D eigenvalue weighted by atomic mass is 10.1. The summed E-state index contributed by atoms with van der Waals surface area (Å²) in [5.74, 6) is 2.50. The van der Waals surface area contributed by atoms with Crippen molar-refractivity contribution in [2.45, 2.75) is 32.5 Å². The van der Waals surface area contributed by atoms with Gasteiger partial charge in [-0.25, -0.2) is 4.98 Å². The Morgan fingerprint density at radius 1 is 1.22 bits per heavy atom. The molecular weight excluding hydrogens is 292 g/mol. The van der Waals surface area contributed by atoms with Gasteiger partial charge in [-0.3, -0.25) is 0 Å². The molecule has 2 aromatic rings. The molecule has 0 bridgehead atoms. The molecule has 0 unspecified atom stereocenters. The topological polar surface area (TPSA) is 52.6 Å². The molecular formula is C18H22N2O3. The van der Waals surface area contributed by atoms with E-state index in [4.69, 9.17) is 14.2 Å². The molecule has 1 aromatic carbocycles. The van der Waals surface area contributed by atoms with Crippen molar-refractivity contribution >= 4 is 0 Å². The number of methoxy groups -OCH3 is 2. The van der Waals surface area contributed by atoms with Gasteiger partial charge in [-0.1, -0.05) is 0 Å². The van der Waals surface area contributed by atoms with Crippen LogP contribution in [0.2, 0.25) is 0 Å². The van der Waals surface area contributed by atoms with Crippen molar-refractivity contribution in [3.63, 3.8) is 0 Å². The molecule has 1 aromatic heterocycles. The Kier molecular flexibility index (Phi) is 4.67. The third kappa shape index (κ3) is 3.56. The molecule has 23 heavy (non-hydrogen) atoms. The lowest BCUT2D eigenvalue weighted by molar-refractivity contribution is 0.254. The number of ether oxygens (including phenoxy) is 3. The molecule has 3 rings (SSSR count). The highest BCUT2D eigenvalue weighted by atomic mass is 16.5. The third-order valence-corrected chi connectivity index (χ3v) is 3.95. The van der Waals surface area contributed by atoms with Crippen LogP contribution in [0.3, 0.4) is 0 Å². The second-order valence-corrected chi connectivity index (χ2v) is 5.71. The summed E-state index contributed by atoms with van der Waals surface area (Å²) in [5.41, 5.74) is 3.44. The highest BCUT2D eigenvalue weighted by Gasteiger charge is 2.21. The van der Waals surface area contributed by atoms with E-state index >= 15 is 0 Å². The van der Waals surface area contributed by atoms with Gasteiger partial charge in [0.05, 0.1) is 14.2 Å². The van der Waals surface area contributed by atoms with Crippen molar-refractivity contribution in [2.75, 3.05) is 14.2 Å². The summed E-state index contributed by atoms with van der Waals surface area (Å²) in [5, 5.41) is 3.43. The van der Waals surface area contributed by atoms with Crippen molar-refractivity contribution in [1.29, 1.82) is 0 Å². The maximum Gasteiger partial charge on any atom is 0.213 e. The minimum absolute atomic E-state index is 0.238. The number of pyridine rings is 1. The van der Waals surface area contributed by atoms with Crippen LogP contribution in [0.1, 0.15) is 23.6 Å². The quantitative estimate of drug-likeness (QED) is 0.888. The minimum Gasteiger partial charge on any atom is -0.496 e. The number of nitrogens with zero attached hydrogens (tertiary/aromatic N) is 1. The van der Waals surface area contributed by atoms with E-state index < -0.39 is 0 Å². The van der Waals surface area contributed by atoms with Crippen LogP contribution in [0, 0.1) is 0 Å². The molecule has 0 fully saturated rings. The first-order chi connectivity index (χ1) is 11.2. The number of hydrogen-bond acceptors (Lipinski definition) is 5. The molecule has 2 heterocycles. The number of nitrogens with one attached hydrogen (secondary N) is 1. The number of fused-ring (bicyclic) bond motifs is 1. The zero-order chi connectivity index (χ0) is 16.2. The van der Waals surface area contributed by atoms with E-state index in [9.17, 15) is 0 Å². The average Bonchev–Trinajstić information content (AvgIpc) is 2.93. The first-order valence-corrected chi connectivity index (χ1v) is 7.75. The van der Waals surface area contributed by atoms with Crippen molar-refractivity contribution in [1.82, 2.24) is 10.3 Å². The third-order valence-electron chi connectivity index (χ3n) is 3.95. The van der Waals surface area contributed by atoms with Gasteiger partial charge in [-0.05, 0) is 30.7 Å². The fourth-order valence-electron chi connectivity index (χ4n) is 2.82. The molecule has 1 aliphatic heterocycles. The van der Waals surface area contributed by atoms with E-state index in [1.165, 1.54) is 5.56 Å². The van der Waals surface area contributed by atoms with Crippen LogP contribution in [0.25, 0.3) is 0 Å². The summed E-state index contributed by atoms with van der Waals surface area (Å²) in [4.78, 5) is 4.11. The number of benzene rings is 1. The van der Waals surface area contributed by atoms with E-state index in [0.29, 0.717) is 12.4 Å². The van der Waals surface area contributed by atoms with Crippen molar-refractivity contribution in [3.05, 3.63) is 47.2 Å². The van der Waals surface area contributed by atoms with Gasteiger partial charge < -0.3 is 19.5 Å². The van der Waals surface area contributed by atoms with Gasteiger partial charge in [0, 0.05) is 42.9 Å². The molecule has 1 N–H and O–H groups in total. The Labute approximate surface area is 136 Å². The van der Waals surface area contributed by atoms with Crippen molar-refractivity contribution in [3.8, 4) is 17.4 Å². The first-order valence-electron chi connectivity index (χ1n) is 7.75. The van der Waals surface area contributed by atoms with Crippen LogP contribution in [-0.2, 0) is 19.5 Å². The molecule has 0 saturated heterocycles. The summed E-state index contributed by atoms with van der Waals surface area (Å²) < 4.78 is 16.5. The maximum absolute atomic E-state index is 5.83. The summed E-state index contributed by atoms with van der Waals surface area (Å²) in [6, 6.07) is 8.07. The molecule has 5 nitrogen and oxygen atoms in total. The van der Waals surface area contributed by atoms with Gasteiger partial charge in [0.15, 0.2) is 0 Å². The molecule has 0 amide bonds. The summed E-state index contributed by atoms with van der Waals surface area (Å²) >= 11 is 0. The fourth-order valence-corrected chi connectivity index (χ4v) is 2.82. The molecule has 0 spiro atoms. The Balaban J connectivity index is 1.67. The van der Waals surface area contributed by atoms with Crippen LogP contribution in [0.15, 0.2) is 30.5 Å². The Hall–Kier alpha value is -2.27. The van der Waals surface area contributed by atoms with Gasteiger partial charge >= 0.3 is 0 Å². The zero-order valence-corrected chi connectivity index (χ0v) is 13.8. The van der Waals surface area contributed by atoms with Gasteiger partial charge in [0.25, 0.3) is 0 Å². The van der Waals surface area contributed by atoms with E-state index in [0.717, 1.165) is 35.6 Å². The predicted octanol–water partition coefficient (Wildman–Crippen LogP) is 2.71. The van der Waals surface area contributed by atoms with E-state index in [-0.39, 0.29) is 6.10 Å². The van der Waals surface area contributed by atoms with Crippen LogP contribution >= 0.6 is 0 Å². The van der Waals surface area contributed by atoms with Crippen LogP contribution in [-0.4, -0.2) is 25.3 Å². The molecule has 0 radical (unpaired) electrons. The molecule has 0 aliphatic carbocycles. The Morgan fingerprint density at radius 3 is 2.87 bits per heavy atom. The Morgan fingerprint density at radius 2 is 2.09 bits per heavy atom. The average molecular weight is 314 g/mol. The van der Waals surface area contributed by atoms with E-state index in [1.54, 1.807) is 20.4 Å². The van der Waals surface area contributed by atoms with Gasteiger partial charge in [-0.15, -0.1) is 0 Å². The van der Waals surface area contributed by atoms with Crippen LogP contribution in [0.4, 0.5) is 0 Å². The van der Waals surface area contributed by atoms with Crippen molar-refractivity contribution in [2.24, 2.45) is 0 Å². The zero-order valence-electron chi connectivity index (χ0n) is 13.8. The molecule has 0 saturated carbocycles. The second kappa shape index (κ2) is 6.87. The fraction of sp³-hybridized carbons (Fsp3) is 0.389. The second-order valence-electron chi connectivity index (χ2n) is 5.71. The minimum atomic E-state index is 0.238. The van der Waals surface area contributed by atoms with E-state index in [2.05, 4.69) is 29.4 Å². The molecule has 122 valence electrons. The largest absolute Gasteiger partial charge is 0.496 e. The standard InChI is InChI=1S/C18H22N2O3/c1-12-6-14-8-16(21-2)15(9-17(14)23-12)11-19-10-13-4-5-20-18(7-13)22-3/h4-5,7-9,12,19H,6,10-11H2,1-3H3/t12-/m1/s1. The van der Waals surface area contributed by atoms with Gasteiger partial charge in [0.2, 0.25) is 5.88 Å². The molecule has 5 heteroatoms. The first kappa shape index (κ1) is 15.6. The van der Waals surface area contributed by atoms with Crippen molar-refractivity contribution < 1.29 is 14.2 Å². The smallest absolute Gasteiger partial charge is 0.213 e. The summed E-state index contributed by atoms with van der Waals surface area (Å²) in [7, 11) is 3.33. The lowest BCUT2D eigenvalue weighted by Gasteiger charge is -2.12. The number of rotatable bonds is 6. The monoisotopic (exact) mass is 314 g/mol. The maximum atomic E-state index is 5.83. The van der Waals surface area contributed by atoms with Gasteiger partial charge in [0.1, 0.15) is 17.6 Å². The van der Waals surface area contributed by atoms with Gasteiger partial charge in [-0.2, -0.15) is 0 Å². The predicted molar refractivity (Wildman–Crippen MR) is 88.1 cm³/mol. The normalized spacial score (nSPS) is 15.9. The summed E-state index contributed by atoms with van der Waals surface area (Å²) in [6.45, 7) is 3.52. The molecule has 1 atom stereocenters. The lowest BCUT2D eigenvalue weighted by Crippen LogP contribution is -2.13. The van der Waals surface area contributed by atoms with Crippen LogP contribution in [0.5, 0.6) is 17.4 Å². The number of aromatic nitrogens is 1.